The number of pyridine rings is 1. The molecular formula is C28H31N5O. The molecule has 2 aromatic carbocycles. The van der Waals surface area contributed by atoms with Crippen molar-refractivity contribution >= 4 is 16.7 Å². The molecule has 34 heavy (non-hydrogen) atoms. The molecule has 2 heterocycles. The molecule has 0 spiro atoms. The van der Waals surface area contributed by atoms with Gasteiger partial charge in [-0.2, -0.15) is 0 Å². The van der Waals surface area contributed by atoms with Gasteiger partial charge in [0.25, 0.3) is 5.91 Å². The number of benzene rings is 2. The second-order valence-corrected chi connectivity index (χ2v) is 9.45. The van der Waals surface area contributed by atoms with Gasteiger partial charge < -0.3 is 4.90 Å². The molecular weight excluding hydrogens is 422 g/mol. The average Bonchev–Trinajstić information content (AvgIpc) is 3.36. The molecule has 174 valence electrons. The first-order valence-electron chi connectivity index (χ1n) is 12.2. The molecule has 4 aromatic rings. The van der Waals surface area contributed by atoms with Crippen molar-refractivity contribution in [2.45, 2.75) is 51.6 Å². The van der Waals surface area contributed by atoms with Crippen LogP contribution in [0, 0.1) is 5.92 Å². The number of hydrogen-bond acceptors (Lipinski definition) is 4. The van der Waals surface area contributed by atoms with Crippen LogP contribution in [0.3, 0.4) is 0 Å². The molecule has 1 amide bonds. The first-order valence-corrected chi connectivity index (χ1v) is 12.2. The van der Waals surface area contributed by atoms with Crippen molar-refractivity contribution in [2.75, 3.05) is 7.05 Å². The summed E-state index contributed by atoms with van der Waals surface area (Å²) in [6.45, 7) is 2.69. The maximum absolute atomic E-state index is 13.5. The van der Waals surface area contributed by atoms with E-state index in [-0.39, 0.29) is 11.9 Å². The Bertz CT molecular complexity index is 1290. The fourth-order valence-electron chi connectivity index (χ4n) is 5.10. The SMILES string of the molecule is CC(C1CCCCC1)N(C)C(=O)c1ccccc1Cn1cc(-c2ccc3cnccc3c2)nn1. The quantitative estimate of drug-likeness (QED) is 0.382. The highest BCUT2D eigenvalue weighted by atomic mass is 16.2. The Hall–Kier alpha value is -3.54. The Labute approximate surface area is 200 Å². The van der Waals surface area contributed by atoms with E-state index < -0.39 is 0 Å². The second kappa shape index (κ2) is 9.75. The minimum absolute atomic E-state index is 0.0807. The van der Waals surface area contributed by atoms with Gasteiger partial charge in [-0.1, -0.05) is 54.8 Å². The van der Waals surface area contributed by atoms with E-state index in [2.05, 4.69) is 28.3 Å². The number of hydrogen-bond donors (Lipinski definition) is 0. The van der Waals surface area contributed by atoms with E-state index in [1.807, 2.05) is 71.5 Å². The van der Waals surface area contributed by atoms with Gasteiger partial charge in [0.05, 0.1) is 12.7 Å². The van der Waals surface area contributed by atoms with Crippen LogP contribution in [0.15, 0.2) is 67.1 Å². The summed E-state index contributed by atoms with van der Waals surface area (Å²) in [4.78, 5) is 19.6. The Morgan fingerprint density at radius 3 is 2.76 bits per heavy atom. The summed E-state index contributed by atoms with van der Waals surface area (Å²) in [5, 5.41) is 11.0. The molecule has 2 aromatic heterocycles. The topological polar surface area (TPSA) is 63.9 Å². The van der Waals surface area contributed by atoms with Crippen LogP contribution < -0.4 is 0 Å². The molecule has 0 saturated heterocycles. The summed E-state index contributed by atoms with van der Waals surface area (Å²) in [7, 11) is 1.95. The summed E-state index contributed by atoms with van der Waals surface area (Å²) < 4.78 is 1.81. The van der Waals surface area contributed by atoms with E-state index in [0.717, 1.165) is 33.2 Å². The van der Waals surface area contributed by atoms with Crippen molar-refractivity contribution < 1.29 is 4.79 Å². The number of aromatic nitrogens is 4. The average molecular weight is 454 g/mol. The smallest absolute Gasteiger partial charge is 0.254 e. The zero-order chi connectivity index (χ0) is 23.5. The minimum atomic E-state index is 0.0807. The maximum atomic E-state index is 13.5. The maximum Gasteiger partial charge on any atom is 0.254 e. The van der Waals surface area contributed by atoms with E-state index in [4.69, 9.17) is 0 Å². The van der Waals surface area contributed by atoms with Gasteiger partial charge in [-0.15, -0.1) is 5.10 Å². The lowest BCUT2D eigenvalue weighted by atomic mass is 9.84. The van der Waals surface area contributed by atoms with E-state index in [1.54, 1.807) is 6.20 Å². The van der Waals surface area contributed by atoms with E-state index in [0.29, 0.717) is 12.5 Å². The molecule has 1 fully saturated rings. The summed E-state index contributed by atoms with van der Waals surface area (Å²) >= 11 is 0. The number of fused-ring (bicyclic) bond motifs is 1. The van der Waals surface area contributed by atoms with Crippen molar-refractivity contribution in [1.29, 1.82) is 0 Å². The van der Waals surface area contributed by atoms with Gasteiger partial charge in [0, 0.05) is 42.0 Å². The van der Waals surface area contributed by atoms with Crippen LogP contribution >= 0.6 is 0 Å². The van der Waals surface area contributed by atoms with Crippen molar-refractivity contribution in [3.8, 4) is 11.3 Å². The molecule has 6 heteroatoms. The molecule has 0 bridgehead atoms. The summed E-state index contributed by atoms with van der Waals surface area (Å²) in [6.07, 6.45) is 11.9. The molecule has 0 N–H and O–H groups in total. The predicted molar refractivity (Wildman–Crippen MR) is 134 cm³/mol. The molecule has 6 nitrogen and oxygen atoms in total. The molecule has 5 rings (SSSR count). The van der Waals surface area contributed by atoms with Crippen LogP contribution in [0.1, 0.15) is 54.9 Å². The highest BCUT2D eigenvalue weighted by molar-refractivity contribution is 5.95. The van der Waals surface area contributed by atoms with Crippen LogP contribution in [0.5, 0.6) is 0 Å². The highest BCUT2D eigenvalue weighted by Crippen LogP contribution is 2.29. The molecule has 1 saturated carbocycles. The molecule has 1 atom stereocenters. The zero-order valence-electron chi connectivity index (χ0n) is 19.9. The lowest BCUT2D eigenvalue weighted by molar-refractivity contribution is 0.0664. The first-order chi connectivity index (χ1) is 16.6. The van der Waals surface area contributed by atoms with Gasteiger partial charge in [-0.05, 0) is 54.8 Å². The van der Waals surface area contributed by atoms with Crippen molar-refractivity contribution in [3.05, 3.63) is 78.2 Å². The van der Waals surface area contributed by atoms with Gasteiger partial charge in [-0.25, -0.2) is 4.68 Å². The molecule has 0 aliphatic heterocycles. The third kappa shape index (κ3) is 4.58. The van der Waals surface area contributed by atoms with Crippen molar-refractivity contribution in [2.24, 2.45) is 5.92 Å². The second-order valence-electron chi connectivity index (χ2n) is 9.45. The number of carbonyl (C=O) groups is 1. The number of nitrogens with zero attached hydrogens (tertiary/aromatic N) is 5. The van der Waals surface area contributed by atoms with Crippen molar-refractivity contribution in [1.82, 2.24) is 24.9 Å². The standard InChI is InChI=1S/C28H31N5O/c1-20(21-8-4-3-5-9-21)32(2)28(34)26-11-7-6-10-25(26)18-33-19-27(30-31-33)23-12-13-24-17-29-15-14-22(24)16-23/h6-7,10-17,19-21H,3-5,8-9,18H2,1-2H3. The van der Waals surface area contributed by atoms with Crippen LogP contribution in [-0.2, 0) is 6.54 Å². The highest BCUT2D eigenvalue weighted by Gasteiger charge is 2.27. The molecule has 1 aliphatic carbocycles. The fraction of sp³-hybridized carbons (Fsp3) is 0.357. The summed E-state index contributed by atoms with van der Waals surface area (Å²) in [5.41, 5.74) is 3.51. The summed E-state index contributed by atoms with van der Waals surface area (Å²) in [5.74, 6) is 0.669. The van der Waals surface area contributed by atoms with Gasteiger partial charge in [0.1, 0.15) is 5.69 Å². The van der Waals surface area contributed by atoms with Gasteiger partial charge in [0.15, 0.2) is 0 Å². The normalized spacial score (nSPS) is 15.4. The Kier molecular flexibility index (Phi) is 6.39. The Balaban J connectivity index is 1.34. The van der Waals surface area contributed by atoms with Gasteiger partial charge in [-0.3, -0.25) is 9.78 Å². The van der Waals surface area contributed by atoms with Crippen LogP contribution in [-0.4, -0.2) is 43.9 Å². The lowest BCUT2D eigenvalue weighted by Crippen LogP contribution is -2.41. The number of amides is 1. The van der Waals surface area contributed by atoms with Crippen LogP contribution in [0.25, 0.3) is 22.0 Å². The van der Waals surface area contributed by atoms with Crippen molar-refractivity contribution in [3.63, 3.8) is 0 Å². The van der Waals surface area contributed by atoms with Crippen LogP contribution in [0.4, 0.5) is 0 Å². The monoisotopic (exact) mass is 453 g/mol. The number of carbonyl (C=O) groups excluding carboxylic acids is 1. The zero-order valence-corrected chi connectivity index (χ0v) is 19.9. The van der Waals surface area contributed by atoms with E-state index >= 15 is 0 Å². The third-order valence-electron chi connectivity index (χ3n) is 7.32. The van der Waals surface area contributed by atoms with Crippen LogP contribution in [0.2, 0.25) is 0 Å². The molecule has 0 radical (unpaired) electrons. The van der Waals surface area contributed by atoms with E-state index in [1.165, 1.54) is 32.1 Å². The van der Waals surface area contributed by atoms with Gasteiger partial charge >= 0.3 is 0 Å². The Morgan fingerprint density at radius 2 is 1.91 bits per heavy atom. The third-order valence-corrected chi connectivity index (χ3v) is 7.32. The first kappa shape index (κ1) is 22.3. The fourth-order valence-corrected chi connectivity index (χ4v) is 5.10. The molecule has 1 unspecified atom stereocenters. The van der Waals surface area contributed by atoms with Gasteiger partial charge in [0.2, 0.25) is 0 Å². The minimum Gasteiger partial charge on any atom is -0.339 e. The largest absolute Gasteiger partial charge is 0.339 e. The van der Waals surface area contributed by atoms with E-state index in [9.17, 15) is 4.79 Å². The lowest BCUT2D eigenvalue weighted by Gasteiger charge is -2.34. The molecule has 1 aliphatic rings. The summed E-state index contributed by atoms with van der Waals surface area (Å²) in [6, 6.07) is 16.3. The Morgan fingerprint density at radius 1 is 1.09 bits per heavy atom. The number of rotatable bonds is 6. The predicted octanol–water partition coefficient (Wildman–Crippen LogP) is 5.58.